The molecule has 22 heavy (non-hydrogen) atoms. The quantitative estimate of drug-likeness (QED) is 0.397. The molecule has 0 N–H and O–H groups in total. The van der Waals surface area contributed by atoms with Crippen LogP contribution in [0, 0.1) is 0 Å². The van der Waals surface area contributed by atoms with Crippen molar-refractivity contribution in [2.45, 2.75) is 71.6 Å². The number of halogens is 2. The molecule has 1 aromatic heterocycles. The van der Waals surface area contributed by atoms with Crippen LogP contribution in [-0.4, -0.2) is 29.5 Å². The van der Waals surface area contributed by atoms with Gasteiger partial charge in [-0.25, -0.2) is 4.98 Å². The van der Waals surface area contributed by atoms with Crippen molar-refractivity contribution in [1.29, 1.82) is 0 Å². The molecule has 1 heterocycles. The lowest BCUT2D eigenvalue weighted by molar-refractivity contribution is 0.263. The van der Waals surface area contributed by atoms with Gasteiger partial charge in [-0.2, -0.15) is 0 Å². The molecule has 1 rings (SSSR count). The normalized spacial score (nSPS) is 10.3. The number of hydrogen-bond acceptors (Lipinski definition) is 3. The molecule has 0 spiro atoms. The second-order valence-electron chi connectivity index (χ2n) is 5.64. The van der Waals surface area contributed by atoms with Crippen molar-refractivity contribution < 1.29 is 0 Å². The summed E-state index contributed by atoms with van der Waals surface area (Å²) < 4.78 is 0. The largest absolute Gasteiger partial charge is 0.303 e. The SMILES string of the molecule is CCCCCCN(CCCCCC)CCc1nccs1.Cl.Cl. The maximum absolute atomic E-state index is 4.40. The van der Waals surface area contributed by atoms with Crippen LogP contribution in [0.1, 0.15) is 70.2 Å². The van der Waals surface area contributed by atoms with E-state index in [0.717, 1.165) is 6.42 Å². The maximum Gasteiger partial charge on any atom is 0.0937 e. The first-order valence-corrected chi connectivity index (χ1v) is 9.35. The van der Waals surface area contributed by atoms with E-state index in [9.17, 15) is 0 Å². The van der Waals surface area contributed by atoms with Gasteiger partial charge in [-0.1, -0.05) is 52.4 Å². The van der Waals surface area contributed by atoms with Crippen molar-refractivity contribution in [1.82, 2.24) is 9.88 Å². The smallest absolute Gasteiger partial charge is 0.0937 e. The molecule has 5 heteroatoms. The molecule has 0 radical (unpaired) electrons. The maximum atomic E-state index is 4.40. The minimum atomic E-state index is 0. The summed E-state index contributed by atoms with van der Waals surface area (Å²) in [5.41, 5.74) is 0. The van der Waals surface area contributed by atoms with Crippen molar-refractivity contribution in [3.05, 3.63) is 16.6 Å². The minimum Gasteiger partial charge on any atom is -0.303 e. The van der Waals surface area contributed by atoms with Gasteiger partial charge in [-0.3, -0.25) is 0 Å². The van der Waals surface area contributed by atoms with E-state index < -0.39 is 0 Å². The molecule has 0 saturated heterocycles. The third-order valence-electron chi connectivity index (χ3n) is 3.78. The Hall–Kier alpha value is 0.170. The van der Waals surface area contributed by atoms with Gasteiger partial charge in [-0.05, 0) is 25.9 Å². The van der Waals surface area contributed by atoms with Gasteiger partial charge < -0.3 is 4.90 Å². The molecule has 0 aliphatic carbocycles. The molecule has 0 unspecified atom stereocenters. The molecule has 0 saturated carbocycles. The third-order valence-corrected chi connectivity index (χ3v) is 4.62. The lowest BCUT2D eigenvalue weighted by Crippen LogP contribution is -2.28. The van der Waals surface area contributed by atoms with Crippen LogP contribution in [0.25, 0.3) is 0 Å². The van der Waals surface area contributed by atoms with Gasteiger partial charge >= 0.3 is 0 Å². The monoisotopic (exact) mass is 368 g/mol. The van der Waals surface area contributed by atoms with Crippen LogP contribution in [0.15, 0.2) is 11.6 Å². The molecule has 1 aromatic rings. The predicted octanol–water partition coefficient (Wildman–Crippen LogP) is 5.99. The van der Waals surface area contributed by atoms with Crippen molar-refractivity contribution in [2.75, 3.05) is 19.6 Å². The Balaban J connectivity index is 0. The molecular formula is C17H34Cl2N2S. The standard InChI is InChI=1S/C17H32N2S.2ClH/c1-3-5-7-9-13-19(14-10-8-6-4-2)15-11-17-18-12-16-20-17;;/h12,16H,3-11,13-15H2,1-2H3;2*1H. The average Bonchev–Trinajstić information content (AvgIpc) is 2.97. The van der Waals surface area contributed by atoms with E-state index in [4.69, 9.17) is 0 Å². The van der Waals surface area contributed by atoms with E-state index in [1.165, 1.54) is 76.0 Å². The summed E-state index contributed by atoms with van der Waals surface area (Å²) >= 11 is 1.79. The zero-order valence-corrected chi connectivity index (χ0v) is 16.7. The summed E-state index contributed by atoms with van der Waals surface area (Å²) in [4.78, 5) is 7.06. The molecule has 0 atom stereocenters. The van der Waals surface area contributed by atoms with Gasteiger partial charge in [0.05, 0.1) is 5.01 Å². The Bertz CT molecular complexity index is 296. The number of unbranched alkanes of at least 4 members (excludes halogenated alkanes) is 6. The van der Waals surface area contributed by atoms with Crippen molar-refractivity contribution in [3.8, 4) is 0 Å². The van der Waals surface area contributed by atoms with E-state index in [1.807, 2.05) is 6.20 Å². The second-order valence-corrected chi connectivity index (χ2v) is 6.62. The number of hydrogen-bond donors (Lipinski definition) is 0. The highest BCUT2D eigenvalue weighted by atomic mass is 35.5. The Morgan fingerprint density at radius 2 is 1.45 bits per heavy atom. The summed E-state index contributed by atoms with van der Waals surface area (Å²) in [6, 6.07) is 0. The van der Waals surface area contributed by atoms with Crippen molar-refractivity contribution in [2.24, 2.45) is 0 Å². The van der Waals surface area contributed by atoms with Crippen LogP contribution >= 0.6 is 36.2 Å². The highest BCUT2D eigenvalue weighted by molar-refractivity contribution is 7.09. The highest BCUT2D eigenvalue weighted by Gasteiger charge is 2.06. The minimum absolute atomic E-state index is 0. The fourth-order valence-electron chi connectivity index (χ4n) is 2.49. The number of rotatable bonds is 13. The molecule has 0 bridgehead atoms. The van der Waals surface area contributed by atoms with Gasteiger partial charge in [0.15, 0.2) is 0 Å². The summed E-state index contributed by atoms with van der Waals surface area (Å²) in [5.74, 6) is 0. The Kier molecular flexibility index (Phi) is 19.5. The summed E-state index contributed by atoms with van der Waals surface area (Å²) in [7, 11) is 0. The van der Waals surface area contributed by atoms with Gasteiger partial charge in [0.2, 0.25) is 0 Å². The van der Waals surface area contributed by atoms with Crippen molar-refractivity contribution >= 4 is 36.2 Å². The summed E-state index contributed by atoms with van der Waals surface area (Å²) in [6.45, 7) is 8.30. The summed E-state index contributed by atoms with van der Waals surface area (Å²) in [6.07, 6.45) is 14.0. The van der Waals surface area contributed by atoms with Gasteiger partial charge in [0.25, 0.3) is 0 Å². The summed E-state index contributed by atoms with van der Waals surface area (Å²) in [5, 5.41) is 3.37. The van der Waals surface area contributed by atoms with Crippen molar-refractivity contribution in [3.63, 3.8) is 0 Å². The van der Waals surface area contributed by atoms with Crippen LogP contribution in [-0.2, 0) is 6.42 Å². The molecule has 0 aromatic carbocycles. The van der Waals surface area contributed by atoms with Gasteiger partial charge in [0, 0.05) is 24.5 Å². The lowest BCUT2D eigenvalue weighted by atomic mass is 10.1. The highest BCUT2D eigenvalue weighted by Crippen LogP contribution is 2.09. The van der Waals surface area contributed by atoms with Crippen LogP contribution < -0.4 is 0 Å². The van der Waals surface area contributed by atoms with E-state index >= 15 is 0 Å². The lowest BCUT2D eigenvalue weighted by Gasteiger charge is -2.21. The number of nitrogens with zero attached hydrogens (tertiary/aromatic N) is 2. The van der Waals surface area contributed by atoms with Crippen LogP contribution in [0.5, 0.6) is 0 Å². The molecule has 132 valence electrons. The molecule has 0 aliphatic heterocycles. The molecule has 0 fully saturated rings. The molecule has 2 nitrogen and oxygen atoms in total. The van der Waals surface area contributed by atoms with E-state index in [2.05, 4.69) is 29.1 Å². The zero-order chi connectivity index (χ0) is 14.5. The van der Waals surface area contributed by atoms with Crippen LogP contribution in [0.4, 0.5) is 0 Å². The Morgan fingerprint density at radius 1 is 0.864 bits per heavy atom. The van der Waals surface area contributed by atoms with Crippen LogP contribution in [0.3, 0.4) is 0 Å². The number of thiazole rings is 1. The van der Waals surface area contributed by atoms with E-state index in [0.29, 0.717) is 0 Å². The predicted molar refractivity (Wildman–Crippen MR) is 105 cm³/mol. The third kappa shape index (κ3) is 12.7. The second kappa shape index (κ2) is 17.5. The van der Waals surface area contributed by atoms with Gasteiger partial charge in [-0.15, -0.1) is 36.2 Å². The Morgan fingerprint density at radius 3 is 1.91 bits per heavy atom. The van der Waals surface area contributed by atoms with Crippen LogP contribution in [0.2, 0.25) is 0 Å². The fraction of sp³-hybridized carbons (Fsp3) is 0.824. The first-order valence-electron chi connectivity index (χ1n) is 8.47. The topological polar surface area (TPSA) is 16.1 Å². The molecular weight excluding hydrogens is 335 g/mol. The number of aromatic nitrogens is 1. The zero-order valence-electron chi connectivity index (χ0n) is 14.3. The molecule has 0 aliphatic rings. The first-order chi connectivity index (χ1) is 9.86. The Labute approximate surface area is 153 Å². The fourth-order valence-corrected chi connectivity index (χ4v) is 3.10. The first kappa shape index (κ1) is 24.4. The van der Waals surface area contributed by atoms with Gasteiger partial charge in [0.1, 0.15) is 0 Å². The van der Waals surface area contributed by atoms with E-state index in [-0.39, 0.29) is 24.8 Å². The average molecular weight is 369 g/mol. The van der Waals surface area contributed by atoms with E-state index in [1.54, 1.807) is 11.3 Å². The molecule has 0 amide bonds.